The number of nitrogens with one attached hydrogen (secondary N) is 1. The van der Waals surface area contributed by atoms with Crippen LogP contribution in [0.25, 0.3) is 6.08 Å². The number of halogens is 3. The average Bonchev–Trinajstić information content (AvgIpc) is 2.78. The monoisotopic (exact) mass is 603 g/mol. The number of benzene rings is 3. The number of nitrogens with zero attached hydrogens (tertiary/aromatic N) is 2. The Balaban J connectivity index is 1.81. The normalized spacial score (nSPS) is 11.0. The standard InChI is InChI=1S/C24H16Br2ClN3O4/c1-14-3-2-4-15(7-14)13-34-23-19(25)9-16(10-20(23)26)8-17(12-28)24(31)29-21-6-5-18(27)11-22(21)30(32)33/h2-11H,13H2,1H3,(H,29,31)/b17-8+. The SMILES string of the molecule is Cc1cccc(COc2c(Br)cc(/C=C(\C#N)C(=O)Nc3ccc(Cl)cc3[N+](=O)[O-])cc2Br)c1. The molecule has 0 saturated heterocycles. The molecule has 3 aromatic rings. The first-order valence-corrected chi connectivity index (χ1v) is 11.7. The van der Waals surface area contributed by atoms with Gasteiger partial charge < -0.3 is 10.1 Å². The number of hydrogen-bond donors (Lipinski definition) is 1. The van der Waals surface area contributed by atoms with Crippen LogP contribution in [-0.4, -0.2) is 10.8 Å². The summed E-state index contributed by atoms with van der Waals surface area (Å²) in [7, 11) is 0. The Labute approximate surface area is 217 Å². The lowest BCUT2D eigenvalue weighted by atomic mass is 10.1. The van der Waals surface area contributed by atoms with Crippen molar-refractivity contribution in [2.24, 2.45) is 0 Å². The number of carbonyl (C=O) groups excluding carboxylic acids is 1. The van der Waals surface area contributed by atoms with E-state index in [0.29, 0.717) is 26.9 Å². The first kappa shape index (κ1) is 25.4. The van der Waals surface area contributed by atoms with Gasteiger partial charge in [-0.25, -0.2) is 0 Å². The number of nitro benzene ring substituents is 1. The molecule has 0 heterocycles. The number of anilines is 1. The second-order valence-electron chi connectivity index (χ2n) is 7.13. The van der Waals surface area contributed by atoms with E-state index in [1.165, 1.54) is 18.2 Å². The summed E-state index contributed by atoms with van der Waals surface area (Å²) in [5.74, 6) is -0.224. The lowest BCUT2D eigenvalue weighted by Crippen LogP contribution is -2.14. The van der Waals surface area contributed by atoms with Crippen molar-refractivity contribution in [3.05, 3.63) is 101 Å². The molecule has 10 heteroatoms. The van der Waals surface area contributed by atoms with Crippen LogP contribution in [0.3, 0.4) is 0 Å². The van der Waals surface area contributed by atoms with Crippen LogP contribution in [0.1, 0.15) is 16.7 Å². The number of amides is 1. The summed E-state index contributed by atoms with van der Waals surface area (Å²) in [5.41, 5.74) is 2.01. The summed E-state index contributed by atoms with van der Waals surface area (Å²) in [5, 5.41) is 23.3. The molecule has 0 spiro atoms. The highest BCUT2D eigenvalue weighted by Gasteiger charge is 2.19. The predicted molar refractivity (Wildman–Crippen MR) is 138 cm³/mol. The highest BCUT2D eigenvalue weighted by atomic mass is 79.9. The van der Waals surface area contributed by atoms with Crippen LogP contribution in [-0.2, 0) is 11.4 Å². The maximum atomic E-state index is 12.6. The van der Waals surface area contributed by atoms with Crippen LogP contribution in [0.2, 0.25) is 5.02 Å². The number of nitro groups is 1. The Morgan fingerprint density at radius 1 is 1.21 bits per heavy atom. The number of ether oxygens (including phenoxy) is 1. The minimum atomic E-state index is -0.792. The van der Waals surface area contributed by atoms with Gasteiger partial charge in [0.1, 0.15) is 29.7 Å². The highest BCUT2D eigenvalue weighted by Crippen LogP contribution is 2.36. The third-order valence-corrected chi connectivity index (χ3v) is 5.98. The van der Waals surface area contributed by atoms with Crippen LogP contribution in [0.5, 0.6) is 5.75 Å². The second-order valence-corrected chi connectivity index (χ2v) is 9.28. The zero-order valence-corrected chi connectivity index (χ0v) is 21.6. The van der Waals surface area contributed by atoms with Crippen LogP contribution >= 0.6 is 43.5 Å². The van der Waals surface area contributed by atoms with Gasteiger partial charge >= 0.3 is 0 Å². The molecule has 0 radical (unpaired) electrons. The fraction of sp³-hybridized carbons (Fsp3) is 0.0833. The van der Waals surface area contributed by atoms with Crippen molar-refractivity contribution < 1.29 is 14.5 Å². The Hall–Kier alpha value is -3.19. The van der Waals surface area contributed by atoms with Crippen LogP contribution in [0.4, 0.5) is 11.4 Å². The molecular weight excluding hydrogens is 590 g/mol. The highest BCUT2D eigenvalue weighted by molar-refractivity contribution is 9.11. The van der Waals surface area contributed by atoms with Crippen molar-refractivity contribution in [3.63, 3.8) is 0 Å². The van der Waals surface area contributed by atoms with Crippen molar-refractivity contribution in [1.29, 1.82) is 5.26 Å². The molecule has 0 aromatic heterocycles. The summed E-state index contributed by atoms with van der Waals surface area (Å²) in [6.45, 7) is 2.37. The molecule has 0 saturated carbocycles. The van der Waals surface area contributed by atoms with E-state index >= 15 is 0 Å². The zero-order chi connectivity index (χ0) is 24.8. The van der Waals surface area contributed by atoms with Gasteiger partial charge in [0.2, 0.25) is 0 Å². The number of hydrogen-bond acceptors (Lipinski definition) is 5. The average molecular weight is 606 g/mol. The number of nitriles is 1. The van der Waals surface area contributed by atoms with E-state index in [0.717, 1.165) is 17.2 Å². The molecule has 1 amide bonds. The Bertz CT molecular complexity index is 1330. The molecule has 172 valence electrons. The summed E-state index contributed by atoms with van der Waals surface area (Å²) in [6, 6.07) is 17.0. The molecular formula is C24H16Br2ClN3O4. The number of carbonyl (C=O) groups is 1. The quantitative estimate of drug-likeness (QED) is 0.133. The zero-order valence-electron chi connectivity index (χ0n) is 17.6. The van der Waals surface area contributed by atoms with Crippen molar-refractivity contribution in [1.82, 2.24) is 0 Å². The first-order chi connectivity index (χ1) is 16.2. The summed E-state index contributed by atoms with van der Waals surface area (Å²) in [6.07, 6.45) is 1.37. The van der Waals surface area contributed by atoms with E-state index in [2.05, 4.69) is 37.2 Å². The largest absolute Gasteiger partial charge is 0.487 e. The smallest absolute Gasteiger partial charge is 0.294 e. The fourth-order valence-corrected chi connectivity index (χ4v) is 4.64. The Morgan fingerprint density at radius 3 is 2.53 bits per heavy atom. The molecule has 0 aliphatic carbocycles. The minimum Gasteiger partial charge on any atom is -0.487 e. The maximum Gasteiger partial charge on any atom is 0.294 e. The van der Waals surface area contributed by atoms with Gasteiger partial charge in [-0.2, -0.15) is 5.26 Å². The summed E-state index contributed by atoms with van der Waals surface area (Å²) >= 11 is 12.7. The van der Waals surface area contributed by atoms with Crippen molar-refractivity contribution in [2.45, 2.75) is 13.5 Å². The van der Waals surface area contributed by atoms with Crippen LogP contribution in [0, 0.1) is 28.4 Å². The second kappa shape index (κ2) is 11.3. The van der Waals surface area contributed by atoms with Crippen molar-refractivity contribution in [2.75, 3.05) is 5.32 Å². The molecule has 3 rings (SSSR count). The molecule has 0 bridgehead atoms. The first-order valence-electron chi connectivity index (χ1n) is 9.72. The van der Waals surface area contributed by atoms with Gasteiger partial charge in [0, 0.05) is 11.1 Å². The molecule has 3 aromatic carbocycles. The Kier molecular flexibility index (Phi) is 8.45. The van der Waals surface area contributed by atoms with Crippen molar-refractivity contribution in [3.8, 4) is 11.8 Å². The summed E-state index contributed by atoms with van der Waals surface area (Å²) in [4.78, 5) is 23.2. The third kappa shape index (κ3) is 6.44. The number of aryl methyl sites for hydroxylation is 1. The van der Waals surface area contributed by atoms with Gasteiger partial charge in [-0.15, -0.1) is 0 Å². The van der Waals surface area contributed by atoms with E-state index in [9.17, 15) is 20.2 Å². The minimum absolute atomic E-state index is 0.0668. The van der Waals surface area contributed by atoms with E-state index in [1.807, 2.05) is 37.3 Å². The van der Waals surface area contributed by atoms with Gasteiger partial charge in [0.25, 0.3) is 11.6 Å². The van der Waals surface area contributed by atoms with Gasteiger partial charge in [-0.3, -0.25) is 14.9 Å². The van der Waals surface area contributed by atoms with Gasteiger partial charge in [-0.05, 0) is 80.3 Å². The lowest BCUT2D eigenvalue weighted by Gasteiger charge is -2.12. The molecule has 34 heavy (non-hydrogen) atoms. The third-order valence-electron chi connectivity index (χ3n) is 4.57. The molecule has 1 N–H and O–H groups in total. The molecule has 0 fully saturated rings. The molecule has 0 aliphatic rings. The van der Waals surface area contributed by atoms with Crippen LogP contribution < -0.4 is 10.1 Å². The molecule has 7 nitrogen and oxygen atoms in total. The van der Waals surface area contributed by atoms with Gasteiger partial charge in [0.05, 0.1) is 13.9 Å². The molecule has 0 atom stereocenters. The van der Waals surface area contributed by atoms with E-state index in [-0.39, 0.29) is 22.0 Å². The lowest BCUT2D eigenvalue weighted by molar-refractivity contribution is -0.383. The van der Waals surface area contributed by atoms with Gasteiger partial charge in [-0.1, -0.05) is 41.4 Å². The Morgan fingerprint density at radius 2 is 1.91 bits per heavy atom. The van der Waals surface area contributed by atoms with E-state index < -0.39 is 10.8 Å². The van der Waals surface area contributed by atoms with E-state index in [1.54, 1.807) is 12.1 Å². The number of rotatable bonds is 7. The van der Waals surface area contributed by atoms with E-state index in [4.69, 9.17) is 16.3 Å². The van der Waals surface area contributed by atoms with Crippen LogP contribution in [0.15, 0.2) is 69.1 Å². The van der Waals surface area contributed by atoms with Crippen molar-refractivity contribution >= 4 is 66.8 Å². The maximum absolute atomic E-state index is 12.6. The molecule has 0 unspecified atom stereocenters. The molecule has 0 aliphatic heterocycles. The fourth-order valence-electron chi connectivity index (χ4n) is 3.02. The topological polar surface area (TPSA) is 105 Å². The van der Waals surface area contributed by atoms with Gasteiger partial charge in [0.15, 0.2) is 0 Å². The predicted octanol–water partition coefficient (Wildman–Crippen LogP) is 7.21. The summed E-state index contributed by atoms with van der Waals surface area (Å²) < 4.78 is 7.17.